The maximum atomic E-state index is 13.7. The molecule has 1 aromatic carbocycles. The van der Waals surface area contributed by atoms with E-state index >= 15 is 0 Å². The second-order valence-electron chi connectivity index (χ2n) is 8.23. The van der Waals surface area contributed by atoms with Gasteiger partial charge in [0.2, 0.25) is 0 Å². The van der Waals surface area contributed by atoms with Gasteiger partial charge in [0.1, 0.15) is 6.17 Å². The summed E-state index contributed by atoms with van der Waals surface area (Å²) in [5, 5.41) is 0. The lowest BCUT2D eigenvalue weighted by atomic mass is 9.76. The van der Waals surface area contributed by atoms with Crippen LogP contribution < -0.4 is 5.73 Å². The van der Waals surface area contributed by atoms with E-state index in [9.17, 15) is 4.39 Å². The van der Waals surface area contributed by atoms with Gasteiger partial charge in [-0.15, -0.1) is 0 Å². The van der Waals surface area contributed by atoms with Crippen LogP contribution in [0.15, 0.2) is 53.3 Å². The Morgan fingerprint density at radius 1 is 1.14 bits per heavy atom. The number of hydrogen-bond acceptors (Lipinski definition) is 3. The quantitative estimate of drug-likeness (QED) is 0.395. The van der Waals surface area contributed by atoms with Gasteiger partial charge in [-0.1, -0.05) is 48.9 Å². The Labute approximate surface area is 175 Å². The van der Waals surface area contributed by atoms with Gasteiger partial charge < -0.3 is 15.2 Å². The first-order chi connectivity index (χ1) is 14.2. The maximum absolute atomic E-state index is 13.7. The van der Waals surface area contributed by atoms with Crippen LogP contribution in [0.5, 0.6) is 0 Å². The lowest BCUT2D eigenvalue weighted by Gasteiger charge is -2.37. The van der Waals surface area contributed by atoms with Crippen molar-refractivity contribution in [3.05, 3.63) is 58.9 Å². The van der Waals surface area contributed by atoms with Gasteiger partial charge in [-0.05, 0) is 62.6 Å². The number of halogens is 1. The normalized spacial score (nSPS) is 25.1. The fraction of sp³-hybridized carbons (Fsp3) is 0.600. The molecule has 29 heavy (non-hydrogen) atoms. The standard InChI is InChI=1S/C25H36FNO2/c1-2-20-16-23(21-10-12-22(26)13-11-21)25(17-24(20)28-15-7-6-14-27)29-18-19-8-4-3-5-9-19/h3-5,8-10,22-23,25H,2,6-7,11-18,27H2,1H3/t22?,23?,25-/m0/s1. The third-order valence-corrected chi connectivity index (χ3v) is 6.16. The molecule has 0 spiro atoms. The van der Waals surface area contributed by atoms with Crippen LogP contribution in [0.25, 0.3) is 0 Å². The Morgan fingerprint density at radius 3 is 2.66 bits per heavy atom. The molecule has 0 bridgehead atoms. The van der Waals surface area contributed by atoms with Gasteiger partial charge in [-0.25, -0.2) is 4.39 Å². The molecule has 0 aliphatic heterocycles. The number of nitrogens with two attached hydrogens (primary N) is 1. The summed E-state index contributed by atoms with van der Waals surface area (Å²) in [7, 11) is 0. The summed E-state index contributed by atoms with van der Waals surface area (Å²) in [4.78, 5) is 0. The largest absolute Gasteiger partial charge is 0.498 e. The zero-order valence-corrected chi connectivity index (χ0v) is 17.7. The molecule has 0 radical (unpaired) electrons. The lowest BCUT2D eigenvalue weighted by molar-refractivity contribution is -0.00863. The topological polar surface area (TPSA) is 44.5 Å². The zero-order chi connectivity index (χ0) is 20.5. The summed E-state index contributed by atoms with van der Waals surface area (Å²) in [5.74, 6) is 1.44. The van der Waals surface area contributed by atoms with Gasteiger partial charge in [-0.2, -0.15) is 0 Å². The number of ether oxygens (including phenoxy) is 2. The first-order valence-electron chi connectivity index (χ1n) is 11.2. The molecule has 160 valence electrons. The Hall–Kier alpha value is -1.65. The van der Waals surface area contributed by atoms with Crippen molar-refractivity contribution in [1.29, 1.82) is 0 Å². The minimum atomic E-state index is -0.686. The van der Waals surface area contributed by atoms with E-state index in [0.29, 0.717) is 31.9 Å². The molecule has 3 atom stereocenters. The lowest BCUT2D eigenvalue weighted by Crippen LogP contribution is -2.32. The molecule has 0 saturated carbocycles. The SMILES string of the molecule is CCC1=C(OCCCCN)C[C@H](OCc2ccccc2)C(C2=CCC(F)CC2)C1. The van der Waals surface area contributed by atoms with Crippen LogP contribution in [0.4, 0.5) is 4.39 Å². The van der Waals surface area contributed by atoms with E-state index < -0.39 is 6.17 Å². The third-order valence-electron chi connectivity index (χ3n) is 6.16. The van der Waals surface area contributed by atoms with E-state index in [1.807, 2.05) is 18.2 Å². The molecule has 2 aliphatic carbocycles. The number of unbranched alkanes of at least 4 members (excludes halogenated alkanes) is 1. The average molecular weight is 402 g/mol. The number of benzene rings is 1. The summed E-state index contributed by atoms with van der Waals surface area (Å²) in [5.41, 5.74) is 9.57. The first-order valence-corrected chi connectivity index (χ1v) is 11.2. The summed E-state index contributed by atoms with van der Waals surface area (Å²) in [6.45, 7) is 4.23. The molecule has 3 rings (SSSR count). The van der Waals surface area contributed by atoms with E-state index in [2.05, 4.69) is 25.1 Å². The van der Waals surface area contributed by atoms with Crippen LogP contribution in [0.1, 0.15) is 63.9 Å². The molecule has 0 heterocycles. The molecule has 4 heteroatoms. The second-order valence-corrected chi connectivity index (χ2v) is 8.23. The maximum Gasteiger partial charge on any atom is 0.104 e. The number of hydrogen-bond donors (Lipinski definition) is 1. The molecular weight excluding hydrogens is 365 g/mol. The highest BCUT2D eigenvalue weighted by Crippen LogP contribution is 2.41. The van der Waals surface area contributed by atoms with Crippen molar-refractivity contribution in [3.63, 3.8) is 0 Å². The van der Waals surface area contributed by atoms with Gasteiger partial charge in [0, 0.05) is 12.3 Å². The molecule has 2 unspecified atom stereocenters. The van der Waals surface area contributed by atoms with E-state index in [1.54, 1.807) is 0 Å². The minimum absolute atomic E-state index is 0.0809. The Balaban J connectivity index is 1.73. The highest BCUT2D eigenvalue weighted by Gasteiger charge is 2.34. The monoisotopic (exact) mass is 401 g/mol. The molecule has 2 N–H and O–H groups in total. The van der Waals surface area contributed by atoms with Crippen LogP contribution >= 0.6 is 0 Å². The molecule has 0 fully saturated rings. The minimum Gasteiger partial charge on any atom is -0.498 e. The Bertz CT molecular complexity index is 685. The van der Waals surface area contributed by atoms with E-state index in [-0.39, 0.29) is 6.10 Å². The van der Waals surface area contributed by atoms with E-state index in [0.717, 1.165) is 50.9 Å². The van der Waals surface area contributed by atoms with Crippen molar-refractivity contribution in [2.45, 2.75) is 77.2 Å². The van der Waals surface area contributed by atoms with Crippen molar-refractivity contribution < 1.29 is 13.9 Å². The Morgan fingerprint density at radius 2 is 1.97 bits per heavy atom. The molecule has 1 aromatic rings. The molecule has 0 amide bonds. The highest BCUT2D eigenvalue weighted by molar-refractivity contribution is 5.24. The first kappa shape index (κ1) is 22.0. The predicted molar refractivity (Wildman–Crippen MR) is 116 cm³/mol. The average Bonchev–Trinajstić information content (AvgIpc) is 2.76. The number of alkyl halides is 1. The number of allylic oxidation sites excluding steroid dienone is 2. The number of rotatable bonds is 10. The highest BCUT2D eigenvalue weighted by atomic mass is 19.1. The zero-order valence-electron chi connectivity index (χ0n) is 17.7. The van der Waals surface area contributed by atoms with Gasteiger partial charge >= 0.3 is 0 Å². The van der Waals surface area contributed by atoms with Gasteiger partial charge in [0.25, 0.3) is 0 Å². The molecule has 0 aromatic heterocycles. The van der Waals surface area contributed by atoms with Crippen molar-refractivity contribution >= 4 is 0 Å². The fourth-order valence-corrected chi connectivity index (χ4v) is 4.41. The van der Waals surface area contributed by atoms with Gasteiger partial charge in [-0.3, -0.25) is 0 Å². The summed E-state index contributed by atoms with van der Waals surface area (Å²) in [6, 6.07) is 10.3. The Kier molecular flexibility index (Phi) is 8.75. The van der Waals surface area contributed by atoms with Crippen molar-refractivity contribution in [3.8, 4) is 0 Å². The van der Waals surface area contributed by atoms with Crippen LogP contribution in [-0.4, -0.2) is 25.4 Å². The third kappa shape index (κ3) is 6.42. The van der Waals surface area contributed by atoms with Crippen LogP contribution in [0.2, 0.25) is 0 Å². The summed E-state index contributed by atoms with van der Waals surface area (Å²) >= 11 is 0. The van der Waals surface area contributed by atoms with Crippen molar-refractivity contribution in [2.75, 3.05) is 13.2 Å². The smallest absolute Gasteiger partial charge is 0.104 e. The van der Waals surface area contributed by atoms with E-state index in [1.165, 1.54) is 16.7 Å². The summed E-state index contributed by atoms with van der Waals surface area (Å²) in [6.07, 6.45) is 8.30. The second kappa shape index (κ2) is 11.5. The fourth-order valence-electron chi connectivity index (χ4n) is 4.41. The predicted octanol–water partition coefficient (Wildman–Crippen LogP) is 5.85. The van der Waals surface area contributed by atoms with Crippen LogP contribution in [0.3, 0.4) is 0 Å². The van der Waals surface area contributed by atoms with E-state index in [4.69, 9.17) is 15.2 Å². The van der Waals surface area contributed by atoms with Crippen molar-refractivity contribution in [1.82, 2.24) is 0 Å². The van der Waals surface area contributed by atoms with Gasteiger partial charge in [0.05, 0.1) is 25.1 Å². The van der Waals surface area contributed by atoms with Crippen molar-refractivity contribution in [2.24, 2.45) is 11.7 Å². The van der Waals surface area contributed by atoms with Crippen LogP contribution in [0, 0.1) is 5.92 Å². The molecule has 3 nitrogen and oxygen atoms in total. The van der Waals surface area contributed by atoms with Gasteiger partial charge in [0.15, 0.2) is 0 Å². The molecule has 2 aliphatic rings. The molecule has 0 saturated heterocycles. The van der Waals surface area contributed by atoms with Crippen LogP contribution in [-0.2, 0) is 16.1 Å². The summed E-state index contributed by atoms with van der Waals surface area (Å²) < 4.78 is 26.3. The molecular formula is C25H36FNO2.